The molecule has 2 heterocycles. The molecule has 0 bridgehead atoms. The number of hydrogen-bond acceptors (Lipinski definition) is 0. The van der Waals surface area contributed by atoms with Crippen molar-refractivity contribution >= 4 is 43.6 Å². The number of fused-ring (bicyclic) bond motifs is 6. The summed E-state index contributed by atoms with van der Waals surface area (Å²) in [5.74, 6) is 0. The standard InChI is InChI=1S/C31H22N2/c1-21-16-17-25-27-19-26-24-14-8-9-15-28(24)32(22-10-4-2-5-11-22)30(26)20-31(27)33(29(25)18-21)23-12-6-3-7-13-23/h2-20H,1H3. The van der Waals surface area contributed by atoms with E-state index in [1.807, 2.05) is 0 Å². The van der Waals surface area contributed by atoms with E-state index in [0.29, 0.717) is 0 Å². The van der Waals surface area contributed by atoms with Gasteiger partial charge in [-0.1, -0.05) is 66.7 Å². The molecule has 0 saturated heterocycles. The molecule has 2 nitrogen and oxygen atoms in total. The molecule has 0 aliphatic rings. The SMILES string of the molecule is Cc1ccc2c3cc4c5ccccc5n(-c5ccccc5)c4cc3n(-c3ccccc3)c2c1. The predicted octanol–water partition coefficient (Wildman–Crippen LogP) is 8.19. The molecular weight excluding hydrogens is 400 g/mol. The molecule has 0 N–H and O–H groups in total. The lowest BCUT2D eigenvalue weighted by molar-refractivity contribution is 1.16. The van der Waals surface area contributed by atoms with Crippen LogP contribution in [0.3, 0.4) is 0 Å². The van der Waals surface area contributed by atoms with Crippen molar-refractivity contribution < 1.29 is 0 Å². The maximum atomic E-state index is 2.41. The molecule has 0 spiro atoms. The van der Waals surface area contributed by atoms with Crippen molar-refractivity contribution in [2.75, 3.05) is 0 Å². The van der Waals surface area contributed by atoms with Crippen LogP contribution in [0.25, 0.3) is 55.0 Å². The minimum atomic E-state index is 1.18. The summed E-state index contributed by atoms with van der Waals surface area (Å²) < 4.78 is 4.80. The van der Waals surface area contributed by atoms with Gasteiger partial charge in [-0.15, -0.1) is 0 Å². The number of aromatic nitrogens is 2. The van der Waals surface area contributed by atoms with Gasteiger partial charge >= 0.3 is 0 Å². The molecule has 2 aromatic heterocycles. The van der Waals surface area contributed by atoms with Gasteiger partial charge in [0.2, 0.25) is 0 Å². The molecule has 0 radical (unpaired) electrons. The number of aryl methyl sites for hydroxylation is 1. The van der Waals surface area contributed by atoms with E-state index in [2.05, 4.69) is 131 Å². The second-order valence-electron chi connectivity index (χ2n) is 8.77. The molecule has 0 atom stereocenters. The highest BCUT2D eigenvalue weighted by molar-refractivity contribution is 6.19. The van der Waals surface area contributed by atoms with Crippen LogP contribution in [0, 0.1) is 6.92 Å². The van der Waals surface area contributed by atoms with Gasteiger partial charge in [-0.25, -0.2) is 0 Å². The molecular formula is C31H22N2. The Labute approximate surface area is 191 Å². The summed E-state index contributed by atoms with van der Waals surface area (Å²) in [7, 11) is 0. The summed E-state index contributed by atoms with van der Waals surface area (Å²) in [6.07, 6.45) is 0. The van der Waals surface area contributed by atoms with Crippen molar-refractivity contribution in [1.82, 2.24) is 9.13 Å². The van der Waals surface area contributed by atoms with Gasteiger partial charge < -0.3 is 9.13 Å². The molecule has 7 aromatic rings. The van der Waals surface area contributed by atoms with Crippen molar-refractivity contribution in [3.63, 3.8) is 0 Å². The zero-order valence-electron chi connectivity index (χ0n) is 18.4. The summed E-state index contributed by atoms with van der Waals surface area (Å²) in [6.45, 7) is 2.17. The first-order valence-electron chi connectivity index (χ1n) is 11.4. The molecule has 0 saturated carbocycles. The van der Waals surface area contributed by atoms with E-state index in [4.69, 9.17) is 0 Å². The molecule has 5 aromatic carbocycles. The third-order valence-corrected chi connectivity index (χ3v) is 6.74. The molecule has 156 valence electrons. The zero-order chi connectivity index (χ0) is 21.9. The second kappa shape index (κ2) is 6.85. The maximum absolute atomic E-state index is 2.41. The average molecular weight is 423 g/mol. The highest BCUT2D eigenvalue weighted by Crippen LogP contribution is 2.39. The van der Waals surface area contributed by atoms with Gasteiger partial charge in [-0.05, 0) is 61.0 Å². The van der Waals surface area contributed by atoms with E-state index < -0.39 is 0 Å². The maximum Gasteiger partial charge on any atom is 0.0562 e. The molecule has 2 heteroatoms. The lowest BCUT2D eigenvalue weighted by atomic mass is 10.1. The van der Waals surface area contributed by atoms with Crippen LogP contribution in [0.15, 0.2) is 115 Å². The van der Waals surface area contributed by atoms with Crippen molar-refractivity contribution in [2.24, 2.45) is 0 Å². The molecule has 7 rings (SSSR count). The predicted molar refractivity (Wildman–Crippen MR) is 140 cm³/mol. The smallest absolute Gasteiger partial charge is 0.0562 e. The first-order valence-corrected chi connectivity index (χ1v) is 11.4. The Morgan fingerprint density at radius 2 is 0.909 bits per heavy atom. The monoisotopic (exact) mass is 422 g/mol. The van der Waals surface area contributed by atoms with Gasteiger partial charge in [-0.3, -0.25) is 0 Å². The topological polar surface area (TPSA) is 9.86 Å². The largest absolute Gasteiger partial charge is 0.309 e. The fourth-order valence-electron chi connectivity index (χ4n) is 5.30. The lowest BCUT2D eigenvalue weighted by Crippen LogP contribution is -1.95. The number of para-hydroxylation sites is 3. The number of benzene rings is 5. The summed E-state index contributed by atoms with van der Waals surface area (Å²) in [5, 5.41) is 5.15. The van der Waals surface area contributed by atoms with Crippen LogP contribution in [0.5, 0.6) is 0 Å². The van der Waals surface area contributed by atoms with Gasteiger partial charge in [-0.2, -0.15) is 0 Å². The Hall–Kier alpha value is -4.30. The molecule has 33 heavy (non-hydrogen) atoms. The van der Waals surface area contributed by atoms with Gasteiger partial charge in [0.1, 0.15) is 0 Å². The normalized spacial score (nSPS) is 11.8. The number of rotatable bonds is 2. The van der Waals surface area contributed by atoms with Crippen LogP contribution in [0.4, 0.5) is 0 Å². The summed E-state index contributed by atoms with van der Waals surface area (Å²) in [4.78, 5) is 0. The average Bonchev–Trinajstić information content (AvgIpc) is 3.35. The van der Waals surface area contributed by atoms with E-state index in [-0.39, 0.29) is 0 Å². The second-order valence-corrected chi connectivity index (χ2v) is 8.77. The van der Waals surface area contributed by atoms with Crippen molar-refractivity contribution in [3.8, 4) is 11.4 Å². The van der Waals surface area contributed by atoms with Gasteiger partial charge in [0.15, 0.2) is 0 Å². The number of nitrogens with zero attached hydrogens (tertiary/aromatic N) is 2. The van der Waals surface area contributed by atoms with Crippen LogP contribution in [-0.4, -0.2) is 9.13 Å². The third kappa shape index (κ3) is 2.61. The Morgan fingerprint density at radius 1 is 0.394 bits per heavy atom. The fraction of sp³-hybridized carbons (Fsp3) is 0.0323. The van der Waals surface area contributed by atoms with E-state index in [1.165, 1.54) is 60.5 Å². The van der Waals surface area contributed by atoms with Crippen molar-refractivity contribution in [3.05, 3.63) is 121 Å². The van der Waals surface area contributed by atoms with Gasteiger partial charge in [0.25, 0.3) is 0 Å². The number of hydrogen-bond donors (Lipinski definition) is 0. The zero-order valence-corrected chi connectivity index (χ0v) is 18.4. The lowest BCUT2D eigenvalue weighted by Gasteiger charge is -2.10. The van der Waals surface area contributed by atoms with E-state index in [9.17, 15) is 0 Å². The Balaban J connectivity index is 1.71. The molecule has 0 unspecified atom stereocenters. The molecule has 0 aliphatic carbocycles. The Bertz CT molecular complexity index is 1800. The Morgan fingerprint density at radius 3 is 1.58 bits per heavy atom. The minimum Gasteiger partial charge on any atom is -0.309 e. The Kier molecular flexibility index (Phi) is 3.80. The quantitative estimate of drug-likeness (QED) is 0.266. The summed E-state index contributed by atoms with van der Waals surface area (Å²) in [5.41, 5.74) is 8.58. The van der Waals surface area contributed by atoms with Crippen molar-refractivity contribution in [1.29, 1.82) is 0 Å². The van der Waals surface area contributed by atoms with Crippen molar-refractivity contribution in [2.45, 2.75) is 6.92 Å². The minimum absolute atomic E-state index is 1.18. The first-order chi connectivity index (χ1) is 16.3. The van der Waals surface area contributed by atoms with Crippen LogP contribution in [0.1, 0.15) is 5.56 Å². The summed E-state index contributed by atoms with van der Waals surface area (Å²) in [6, 6.07) is 41.6. The molecule has 0 amide bonds. The third-order valence-electron chi connectivity index (χ3n) is 6.74. The molecule has 0 aliphatic heterocycles. The van der Waals surface area contributed by atoms with Crippen LogP contribution < -0.4 is 0 Å². The van der Waals surface area contributed by atoms with Crippen LogP contribution in [-0.2, 0) is 0 Å². The van der Waals surface area contributed by atoms with E-state index in [1.54, 1.807) is 0 Å². The highest BCUT2D eigenvalue weighted by atomic mass is 15.0. The summed E-state index contributed by atoms with van der Waals surface area (Å²) >= 11 is 0. The van der Waals surface area contributed by atoms with E-state index in [0.717, 1.165) is 0 Å². The van der Waals surface area contributed by atoms with Crippen LogP contribution >= 0.6 is 0 Å². The molecule has 0 fully saturated rings. The highest BCUT2D eigenvalue weighted by Gasteiger charge is 2.18. The van der Waals surface area contributed by atoms with E-state index >= 15 is 0 Å². The van der Waals surface area contributed by atoms with Gasteiger partial charge in [0.05, 0.1) is 22.1 Å². The first kappa shape index (κ1) is 18.3. The van der Waals surface area contributed by atoms with Gasteiger partial charge in [0, 0.05) is 32.9 Å². The fourth-order valence-corrected chi connectivity index (χ4v) is 5.30. The van der Waals surface area contributed by atoms with Crippen LogP contribution in [0.2, 0.25) is 0 Å².